The zero-order valence-corrected chi connectivity index (χ0v) is 14.4. The predicted molar refractivity (Wildman–Crippen MR) is 100 cm³/mol. The molecule has 0 bridgehead atoms. The van der Waals surface area contributed by atoms with Crippen LogP contribution in [0.4, 0.5) is 5.69 Å². The molecular weight excluding hydrogens is 330 g/mol. The van der Waals surface area contributed by atoms with Gasteiger partial charge < -0.3 is 15.2 Å². The molecule has 0 fully saturated rings. The number of aryl methyl sites for hydroxylation is 1. The summed E-state index contributed by atoms with van der Waals surface area (Å²) in [5, 5.41) is 14.3. The summed E-state index contributed by atoms with van der Waals surface area (Å²) in [5.74, 6) is -1.34. The molecule has 0 saturated carbocycles. The fraction of sp³-hybridized carbons (Fsp3) is 0.143. The molecule has 26 heavy (non-hydrogen) atoms. The molecule has 5 nitrogen and oxygen atoms in total. The van der Waals surface area contributed by atoms with Crippen molar-refractivity contribution < 1.29 is 19.4 Å². The minimum atomic E-state index is -0.746. The number of phenolic OH excluding ortho intramolecular Hbond substituents is 1. The summed E-state index contributed by atoms with van der Waals surface area (Å²) in [7, 11) is 0. The number of fused-ring (bicyclic) bond motifs is 1. The summed E-state index contributed by atoms with van der Waals surface area (Å²) in [6.45, 7) is 1.62. The molecule has 3 aromatic carbocycles. The second-order valence-corrected chi connectivity index (χ2v) is 5.86. The van der Waals surface area contributed by atoms with E-state index in [9.17, 15) is 14.7 Å². The van der Waals surface area contributed by atoms with Gasteiger partial charge in [0.15, 0.2) is 6.61 Å². The molecule has 5 heteroatoms. The van der Waals surface area contributed by atoms with Crippen LogP contribution in [0.1, 0.15) is 22.8 Å². The van der Waals surface area contributed by atoms with Crippen molar-refractivity contribution in [2.24, 2.45) is 0 Å². The fourth-order valence-corrected chi connectivity index (χ4v) is 2.65. The average Bonchev–Trinajstić information content (AvgIpc) is 2.67. The molecule has 0 aliphatic rings. The Hall–Kier alpha value is -3.34. The van der Waals surface area contributed by atoms with Gasteiger partial charge in [0.05, 0.1) is 0 Å². The largest absolute Gasteiger partial charge is 0.506 e. The summed E-state index contributed by atoms with van der Waals surface area (Å²) < 4.78 is 5.03. The number of aromatic hydroxyl groups is 1. The third-order valence-corrected chi connectivity index (χ3v) is 4.10. The smallest absolute Gasteiger partial charge is 0.342 e. The van der Waals surface area contributed by atoms with Gasteiger partial charge in [0.2, 0.25) is 0 Å². The maximum Gasteiger partial charge on any atom is 0.342 e. The van der Waals surface area contributed by atoms with E-state index in [1.54, 1.807) is 30.3 Å². The highest BCUT2D eigenvalue weighted by atomic mass is 16.5. The van der Waals surface area contributed by atoms with Crippen LogP contribution in [0, 0.1) is 0 Å². The van der Waals surface area contributed by atoms with Crippen molar-refractivity contribution in [2.45, 2.75) is 13.3 Å². The Balaban J connectivity index is 1.63. The van der Waals surface area contributed by atoms with Crippen LogP contribution in [0.15, 0.2) is 60.7 Å². The minimum Gasteiger partial charge on any atom is -0.506 e. The van der Waals surface area contributed by atoms with E-state index < -0.39 is 18.5 Å². The normalized spacial score (nSPS) is 10.5. The molecule has 3 rings (SSSR count). The predicted octanol–water partition coefficient (Wildman–Crippen LogP) is 3.90. The van der Waals surface area contributed by atoms with Crippen molar-refractivity contribution in [3.8, 4) is 5.75 Å². The number of hydrogen-bond donors (Lipinski definition) is 2. The van der Waals surface area contributed by atoms with E-state index in [1.165, 1.54) is 11.6 Å². The zero-order valence-electron chi connectivity index (χ0n) is 14.4. The first kappa shape index (κ1) is 17.5. The van der Waals surface area contributed by atoms with Gasteiger partial charge in [0, 0.05) is 11.1 Å². The lowest BCUT2D eigenvalue weighted by molar-refractivity contribution is -0.119. The number of anilines is 1. The quantitative estimate of drug-likeness (QED) is 0.685. The van der Waals surface area contributed by atoms with Crippen molar-refractivity contribution in [1.82, 2.24) is 0 Å². The SMILES string of the molecule is CCc1ccc(NC(=O)COC(=O)c2ccc3ccccc3c2O)cc1. The molecule has 0 radical (unpaired) electrons. The van der Waals surface area contributed by atoms with Gasteiger partial charge in [-0.2, -0.15) is 0 Å². The first-order valence-corrected chi connectivity index (χ1v) is 8.35. The second-order valence-electron chi connectivity index (χ2n) is 5.86. The van der Waals surface area contributed by atoms with Crippen LogP contribution < -0.4 is 5.32 Å². The molecule has 2 N–H and O–H groups in total. The Morgan fingerprint density at radius 3 is 2.46 bits per heavy atom. The number of benzene rings is 3. The molecule has 0 saturated heterocycles. The Morgan fingerprint density at radius 1 is 1.00 bits per heavy atom. The highest BCUT2D eigenvalue weighted by Gasteiger charge is 2.16. The van der Waals surface area contributed by atoms with Crippen LogP contribution in [0.3, 0.4) is 0 Å². The summed E-state index contributed by atoms with van der Waals surface area (Å²) in [4.78, 5) is 24.1. The summed E-state index contributed by atoms with van der Waals surface area (Å²) in [6.07, 6.45) is 0.918. The van der Waals surface area contributed by atoms with Gasteiger partial charge in [-0.05, 0) is 35.6 Å². The van der Waals surface area contributed by atoms with E-state index in [4.69, 9.17) is 4.74 Å². The number of ether oxygens (including phenoxy) is 1. The lowest BCUT2D eigenvalue weighted by Crippen LogP contribution is -2.21. The number of hydrogen-bond acceptors (Lipinski definition) is 4. The van der Waals surface area contributed by atoms with E-state index in [1.807, 2.05) is 24.3 Å². The van der Waals surface area contributed by atoms with Gasteiger partial charge in [0.25, 0.3) is 5.91 Å². The Kier molecular flexibility index (Phi) is 5.17. The second kappa shape index (κ2) is 7.70. The molecule has 132 valence electrons. The molecule has 0 aliphatic heterocycles. The van der Waals surface area contributed by atoms with Gasteiger partial charge in [-0.1, -0.05) is 49.4 Å². The molecule has 0 heterocycles. The van der Waals surface area contributed by atoms with Crippen LogP contribution >= 0.6 is 0 Å². The monoisotopic (exact) mass is 349 g/mol. The maximum atomic E-state index is 12.2. The van der Waals surface area contributed by atoms with Crippen molar-refractivity contribution in [2.75, 3.05) is 11.9 Å². The molecule has 0 aliphatic carbocycles. The first-order chi connectivity index (χ1) is 12.6. The standard InChI is InChI=1S/C21H19NO4/c1-2-14-7-10-16(11-8-14)22-19(23)13-26-21(25)18-12-9-15-5-3-4-6-17(15)20(18)24/h3-12,24H,2,13H2,1H3,(H,22,23). The minimum absolute atomic E-state index is 0.0313. The molecule has 0 unspecified atom stereocenters. The van der Waals surface area contributed by atoms with Crippen molar-refractivity contribution in [3.05, 3.63) is 71.8 Å². The van der Waals surface area contributed by atoms with Gasteiger partial charge >= 0.3 is 5.97 Å². The number of rotatable bonds is 5. The lowest BCUT2D eigenvalue weighted by atomic mass is 10.1. The highest BCUT2D eigenvalue weighted by molar-refractivity contribution is 6.02. The maximum absolute atomic E-state index is 12.2. The number of carbonyl (C=O) groups is 2. The Morgan fingerprint density at radius 2 is 1.73 bits per heavy atom. The van der Waals surface area contributed by atoms with Gasteiger partial charge in [0.1, 0.15) is 11.3 Å². The molecule has 0 aromatic heterocycles. The molecular formula is C21H19NO4. The number of esters is 1. The van der Waals surface area contributed by atoms with Gasteiger partial charge in [-0.3, -0.25) is 4.79 Å². The number of nitrogens with one attached hydrogen (secondary N) is 1. The molecule has 3 aromatic rings. The van der Waals surface area contributed by atoms with E-state index in [0.717, 1.165) is 11.8 Å². The zero-order chi connectivity index (χ0) is 18.5. The summed E-state index contributed by atoms with van der Waals surface area (Å²) in [5.41, 5.74) is 1.84. The average molecular weight is 349 g/mol. The van der Waals surface area contributed by atoms with Crippen LogP contribution in [0.5, 0.6) is 5.75 Å². The van der Waals surface area contributed by atoms with Gasteiger partial charge in [-0.25, -0.2) is 4.79 Å². The third-order valence-electron chi connectivity index (χ3n) is 4.10. The van der Waals surface area contributed by atoms with Crippen LogP contribution in [0.2, 0.25) is 0 Å². The molecule has 1 amide bonds. The van der Waals surface area contributed by atoms with Crippen LogP contribution in [0.25, 0.3) is 10.8 Å². The van der Waals surface area contributed by atoms with Gasteiger partial charge in [-0.15, -0.1) is 0 Å². The van der Waals surface area contributed by atoms with Crippen molar-refractivity contribution in [1.29, 1.82) is 0 Å². The highest BCUT2D eigenvalue weighted by Crippen LogP contribution is 2.28. The Labute approximate surface area is 151 Å². The number of phenols is 1. The molecule has 0 atom stereocenters. The van der Waals surface area contributed by atoms with Crippen molar-refractivity contribution >= 4 is 28.3 Å². The van der Waals surface area contributed by atoms with E-state index >= 15 is 0 Å². The fourth-order valence-electron chi connectivity index (χ4n) is 2.65. The number of amides is 1. The third kappa shape index (κ3) is 3.83. The number of carbonyl (C=O) groups excluding carboxylic acids is 2. The first-order valence-electron chi connectivity index (χ1n) is 8.35. The lowest BCUT2D eigenvalue weighted by Gasteiger charge is -2.09. The molecule has 0 spiro atoms. The van der Waals surface area contributed by atoms with Crippen molar-refractivity contribution in [3.63, 3.8) is 0 Å². The van der Waals surface area contributed by atoms with Crippen LogP contribution in [-0.2, 0) is 16.0 Å². The van der Waals surface area contributed by atoms with E-state index in [2.05, 4.69) is 12.2 Å². The summed E-state index contributed by atoms with van der Waals surface area (Å²) in [6, 6.07) is 17.8. The van der Waals surface area contributed by atoms with E-state index in [-0.39, 0.29) is 11.3 Å². The van der Waals surface area contributed by atoms with Crippen LogP contribution in [-0.4, -0.2) is 23.6 Å². The Bertz CT molecular complexity index is 948. The summed E-state index contributed by atoms with van der Waals surface area (Å²) >= 11 is 0. The topological polar surface area (TPSA) is 75.6 Å². The van der Waals surface area contributed by atoms with E-state index in [0.29, 0.717) is 11.1 Å².